The summed E-state index contributed by atoms with van der Waals surface area (Å²) in [6.45, 7) is 7.87. The molecular weight excluding hydrogens is 320 g/mol. The first-order valence-electron chi connectivity index (χ1n) is 9.68. The minimum absolute atomic E-state index is 0.0916. The van der Waals surface area contributed by atoms with Crippen molar-refractivity contribution in [2.75, 3.05) is 6.61 Å². The van der Waals surface area contributed by atoms with Crippen molar-refractivity contribution in [2.45, 2.75) is 98.0 Å². The van der Waals surface area contributed by atoms with Gasteiger partial charge in [-0.25, -0.2) is 0 Å². The van der Waals surface area contributed by atoms with E-state index in [0.717, 1.165) is 51.4 Å². The Kier molecular flexibility index (Phi) is 14.1. The van der Waals surface area contributed by atoms with Crippen LogP contribution in [-0.2, 0) is 23.9 Å². The molecule has 146 valence electrons. The Morgan fingerprint density at radius 2 is 1.28 bits per heavy atom. The molecule has 0 aromatic heterocycles. The van der Waals surface area contributed by atoms with E-state index in [0.29, 0.717) is 25.4 Å². The average Bonchev–Trinajstić information content (AvgIpc) is 2.53. The molecular formula is C20H36O5. The lowest BCUT2D eigenvalue weighted by Gasteiger charge is -2.09. The number of esters is 2. The van der Waals surface area contributed by atoms with E-state index in [1.807, 2.05) is 0 Å². The molecule has 0 amide bonds. The average molecular weight is 357 g/mol. The molecule has 0 aromatic carbocycles. The number of carbonyl (C=O) groups excluding carboxylic acids is 3. The molecule has 0 aliphatic heterocycles. The van der Waals surface area contributed by atoms with Gasteiger partial charge in [0.2, 0.25) is 0 Å². The molecule has 5 nitrogen and oxygen atoms in total. The predicted octanol–water partition coefficient (Wildman–Crippen LogP) is 4.61. The molecule has 0 aliphatic carbocycles. The quantitative estimate of drug-likeness (QED) is 0.317. The van der Waals surface area contributed by atoms with E-state index in [-0.39, 0.29) is 17.7 Å². The number of Topliss-reactive ketones (excluding diaryl/α,β-unsaturated/α-hetero) is 1. The Hall–Kier alpha value is -1.39. The van der Waals surface area contributed by atoms with Gasteiger partial charge in [-0.3, -0.25) is 14.4 Å². The highest BCUT2D eigenvalue weighted by Crippen LogP contribution is 2.10. The van der Waals surface area contributed by atoms with Gasteiger partial charge in [-0.05, 0) is 45.4 Å². The van der Waals surface area contributed by atoms with Crippen molar-refractivity contribution >= 4 is 17.7 Å². The van der Waals surface area contributed by atoms with Gasteiger partial charge in [-0.2, -0.15) is 0 Å². The summed E-state index contributed by atoms with van der Waals surface area (Å²) in [4.78, 5) is 34.0. The van der Waals surface area contributed by atoms with Crippen LogP contribution in [0.25, 0.3) is 0 Å². The Balaban J connectivity index is 3.39. The SMILES string of the molecule is CC(=O)C(C)OC(=O)CCCCCCCCC(=O)OCCCC(C)C. The Labute approximate surface area is 152 Å². The van der Waals surface area contributed by atoms with E-state index < -0.39 is 6.10 Å². The molecule has 0 aromatic rings. The predicted molar refractivity (Wildman–Crippen MR) is 98.2 cm³/mol. The molecule has 0 saturated heterocycles. The number of hydrogen-bond acceptors (Lipinski definition) is 5. The number of rotatable bonds is 15. The molecule has 0 N–H and O–H groups in total. The second-order valence-corrected chi connectivity index (χ2v) is 7.12. The smallest absolute Gasteiger partial charge is 0.306 e. The summed E-state index contributed by atoms with van der Waals surface area (Å²) in [6.07, 6.45) is 7.96. The summed E-state index contributed by atoms with van der Waals surface area (Å²) >= 11 is 0. The van der Waals surface area contributed by atoms with E-state index in [2.05, 4.69) is 13.8 Å². The van der Waals surface area contributed by atoms with Gasteiger partial charge in [0.05, 0.1) is 6.61 Å². The molecule has 0 fully saturated rings. The van der Waals surface area contributed by atoms with E-state index in [4.69, 9.17) is 9.47 Å². The van der Waals surface area contributed by atoms with Gasteiger partial charge in [0.1, 0.15) is 0 Å². The van der Waals surface area contributed by atoms with Crippen LogP contribution in [-0.4, -0.2) is 30.4 Å². The normalized spacial score (nSPS) is 12.0. The van der Waals surface area contributed by atoms with Gasteiger partial charge in [0.25, 0.3) is 0 Å². The Morgan fingerprint density at radius 3 is 1.80 bits per heavy atom. The van der Waals surface area contributed by atoms with Crippen molar-refractivity contribution in [3.63, 3.8) is 0 Å². The zero-order chi connectivity index (χ0) is 19.1. The number of carbonyl (C=O) groups is 3. The lowest BCUT2D eigenvalue weighted by molar-refractivity contribution is -0.153. The number of hydrogen-bond donors (Lipinski definition) is 0. The molecule has 5 heteroatoms. The lowest BCUT2D eigenvalue weighted by atomic mass is 10.1. The van der Waals surface area contributed by atoms with Crippen LogP contribution in [0.3, 0.4) is 0 Å². The summed E-state index contributed by atoms with van der Waals surface area (Å²) in [5.41, 5.74) is 0. The molecule has 0 aliphatic rings. The third-order valence-electron chi connectivity index (χ3n) is 4.08. The number of unbranched alkanes of at least 4 members (excludes halogenated alkanes) is 5. The molecule has 1 atom stereocenters. The second kappa shape index (κ2) is 14.9. The first-order chi connectivity index (χ1) is 11.8. The summed E-state index contributed by atoms with van der Waals surface area (Å²) in [7, 11) is 0. The van der Waals surface area contributed by atoms with Gasteiger partial charge < -0.3 is 9.47 Å². The van der Waals surface area contributed by atoms with Crippen LogP contribution in [0.5, 0.6) is 0 Å². The number of ketones is 1. The molecule has 0 bridgehead atoms. The van der Waals surface area contributed by atoms with Crippen LogP contribution < -0.4 is 0 Å². The zero-order valence-corrected chi connectivity index (χ0v) is 16.5. The largest absolute Gasteiger partial charge is 0.466 e. The van der Waals surface area contributed by atoms with E-state index in [9.17, 15) is 14.4 Å². The van der Waals surface area contributed by atoms with Gasteiger partial charge in [0.15, 0.2) is 11.9 Å². The second-order valence-electron chi connectivity index (χ2n) is 7.12. The highest BCUT2D eigenvalue weighted by molar-refractivity contribution is 5.83. The molecule has 0 rings (SSSR count). The summed E-state index contributed by atoms with van der Waals surface area (Å²) < 4.78 is 10.2. The maximum absolute atomic E-state index is 11.5. The molecule has 0 heterocycles. The van der Waals surface area contributed by atoms with Crippen molar-refractivity contribution in [2.24, 2.45) is 5.92 Å². The minimum Gasteiger partial charge on any atom is -0.466 e. The first-order valence-corrected chi connectivity index (χ1v) is 9.68. The molecule has 1 unspecified atom stereocenters. The van der Waals surface area contributed by atoms with Gasteiger partial charge in [-0.15, -0.1) is 0 Å². The molecule has 0 saturated carbocycles. The van der Waals surface area contributed by atoms with Crippen molar-refractivity contribution in [3.05, 3.63) is 0 Å². The monoisotopic (exact) mass is 356 g/mol. The fraction of sp³-hybridized carbons (Fsp3) is 0.850. The van der Waals surface area contributed by atoms with Crippen LogP contribution >= 0.6 is 0 Å². The van der Waals surface area contributed by atoms with Crippen molar-refractivity contribution in [1.29, 1.82) is 0 Å². The standard InChI is InChI=1S/C20H36O5/c1-16(2)12-11-15-24-19(22)13-9-7-5-6-8-10-14-20(23)25-18(4)17(3)21/h16,18H,5-15H2,1-4H3. The third kappa shape index (κ3) is 15.9. The van der Waals surface area contributed by atoms with Crippen LogP contribution in [0.2, 0.25) is 0 Å². The summed E-state index contributed by atoms with van der Waals surface area (Å²) in [6, 6.07) is 0. The Bertz CT molecular complexity index is 390. The fourth-order valence-corrected chi connectivity index (χ4v) is 2.33. The van der Waals surface area contributed by atoms with Crippen molar-refractivity contribution in [3.8, 4) is 0 Å². The van der Waals surface area contributed by atoms with Crippen LogP contribution in [0.4, 0.5) is 0 Å². The van der Waals surface area contributed by atoms with Crippen LogP contribution in [0, 0.1) is 5.92 Å². The van der Waals surface area contributed by atoms with Crippen molar-refractivity contribution < 1.29 is 23.9 Å². The molecule has 0 radical (unpaired) electrons. The topological polar surface area (TPSA) is 69.7 Å². The van der Waals surface area contributed by atoms with E-state index in [1.165, 1.54) is 6.92 Å². The Morgan fingerprint density at radius 1 is 0.760 bits per heavy atom. The highest BCUT2D eigenvalue weighted by Gasteiger charge is 2.12. The first kappa shape index (κ1) is 23.6. The minimum atomic E-state index is -0.641. The molecule has 0 spiro atoms. The highest BCUT2D eigenvalue weighted by atomic mass is 16.5. The third-order valence-corrected chi connectivity index (χ3v) is 4.08. The van der Waals surface area contributed by atoms with E-state index >= 15 is 0 Å². The maximum Gasteiger partial charge on any atom is 0.306 e. The summed E-state index contributed by atoms with van der Waals surface area (Å²) in [5.74, 6) is 0.124. The van der Waals surface area contributed by atoms with Gasteiger partial charge in [0, 0.05) is 12.8 Å². The van der Waals surface area contributed by atoms with Crippen LogP contribution in [0.15, 0.2) is 0 Å². The maximum atomic E-state index is 11.5. The molecule has 25 heavy (non-hydrogen) atoms. The fourth-order valence-electron chi connectivity index (χ4n) is 2.33. The number of ether oxygens (including phenoxy) is 2. The van der Waals surface area contributed by atoms with E-state index in [1.54, 1.807) is 6.92 Å². The van der Waals surface area contributed by atoms with Gasteiger partial charge in [-0.1, -0.05) is 39.5 Å². The van der Waals surface area contributed by atoms with Gasteiger partial charge >= 0.3 is 11.9 Å². The van der Waals surface area contributed by atoms with Crippen LogP contribution in [0.1, 0.15) is 91.9 Å². The zero-order valence-electron chi connectivity index (χ0n) is 16.5. The summed E-state index contributed by atoms with van der Waals surface area (Å²) in [5, 5.41) is 0. The van der Waals surface area contributed by atoms with Crippen molar-refractivity contribution in [1.82, 2.24) is 0 Å². The lowest BCUT2D eigenvalue weighted by Crippen LogP contribution is -2.21.